The van der Waals surface area contributed by atoms with Crippen LogP contribution in [0.2, 0.25) is 0 Å². The minimum absolute atomic E-state index is 0.169. The Morgan fingerprint density at radius 3 is 2.75 bits per heavy atom. The first-order valence-corrected chi connectivity index (χ1v) is 5.34. The van der Waals surface area contributed by atoms with E-state index < -0.39 is 0 Å². The summed E-state index contributed by atoms with van der Waals surface area (Å²) < 4.78 is 0. The molecule has 0 bridgehead atoms. The summed E-state index contributed by atoms with van der Waals surface area (Å²) in [6, 6.07) is 5.82. The Bertz CT molecular complexity index is 414. The molecule has 1 aliphatic carbocycles. The third-order valence-electron chi connectivity index (χ3n) is 2.95. The largest absolute Gasteiger partial charge is 0.377 e. The summed E-state index contributed by atoms with van der Waals surface area (Å²) in [5, 5.41) is 14.1. The molecular formula is C11H15N3O2. The molecule has 1 aromatic carbocycles. The van der Waals surface area contributed by atoms with Crippen molar-refractivity contribution in [2.24, 2.45) is 5.73 Å². The Morgan fingerprint density at radius 2 is 2.19 bits per heavy atom. The molecule has 0 heterocycles. The number of nitrogens with zero attached hydrogens (tertiary/aromatic N) is 1. The lowest BCUT2D eigenvalue weighted by molar-refractivity contribution is -0.384. The molecule has 0 radical (unpaired) electrons. The standard InChI is InChI=1S/C11H15N3O2/c1-7-3-2-4-10(11(7)14(15)16)13-9-5-8(12)6-9/h2-4,8-9,13H,5-6,12H2,1H3. The van der Waals surface area contributed by atoms with Crippen molar-refractivity contribution >= 4 is 11.4 Å². The highest BCUT2D eigenvalue weighted by Crippen LogP contribution is 2.31. The fourth-order valence-electron chi connectivity index (χ4n) is 2.02. The highest BCUT2D eigenvalue weighted by molar-refractivity contribution is 5.65. The van der Waals surface area contributed by atoms with Crippen molar-refractivity contribution in [1.29, 1.82) is 0 Å². The number of nitrogens with two attached hydrogens (primary N) is 1. The maximum absolute atomic E-state index is 10.9. The smallest absolute Gasteiger partial charge is 0.295 e. The molecule has 0 spiro atoms. The second-order valence-electron chi connectivity index (χ2n) is 4.30. The minimum Gasteiger partial charge on any atom is -0.377 e. The van der Waals surface area contributed by atoms with Crippen LogP contribution in [-0.2, 0) is 0 Å². The van der Waals surface area contributed by atoms with Crippen molar-refractivity contribution in [1.82, 2.24) is 0 Å². The number of aryl methyl sites for hydroxylation is 1. The molecule has 0 atom stereocenters. The number of rotatable bonds is 3. The van der Waals surface area contributed by atoms with Crippen molar-refractivity contribution in [2.75, 3.05) is 5.32 Å². The van der Waals surface area contributed by atoms with Gasteiger partial charge in [-0.25, -0.2) is 0 Å². The SMILES string of the molecule is Cc1cccc(NC2CC(N)C2)c1[N+](=O)[O-]. The first-order valence-electron chi connectivity index (χ1n) is 5.34. The van der Waals surface area contributed by atoms with E-state index in [2.05, 4.69) is 5.32 Å². The summed E-state index contributed by atoms with van der Waals surface area (Å²) >= 11 is 0. The number of para-hydroxylation sites is 1. The van der Waals surface area contributed by atoms with Gasteiger partial charge in [0.1, 0.15) is 5.69 Å². The molecule has 0 aromatic heterocycles. The summed E-state index contributed by atoms with van der Waals surface area (Å²) in [5.74, 6) is 0. The zero-order valence-corrected chi connectivity index (χ0v) is 9.14. The van der Waals surface area contributed by atoms with Crippen LogP contribution in [0.3, 0.4) is 0 Å². The second kappa shape index (κ2) is 4.09. The van der Waals surface area contributed by atoms with Crippen molar-refractivity contribution < 1.29 is 4.92 Å². The number of hydrogen-bond donors (Lipinski definition) is 2. The first kappa shape index (κ1) is 10.9. The van der Waals surface area contributed by atoms with Gasteiger partial charge in [-0.15, -0.1) is 0 Å². The molecule has 1 saturated carbocycles. The lowest BCUT2D eigenvalue weighted by Crippen LogP contribution is -2.44. The normalized spacial score (nSPS) is 23.6. The fraction of sp³-hybridized carbons (Fsp3) is 0.455. The Balaban J connectivity index is 2.19. The maximum atomic E-state index is 10.9. The summed E-state index contributed by atoms with van der Waals surface area (Å²) in [4.78, 5) is 10.6. The maximum Gasteiger partial charge on any atom is 0.295 e. The Kier molecular flexibility index (Phi) is 2.78. The van der Waals surface area contributed by atoms with Gasteiger partial charge in [-0.3, -0.25) is 10.1 Å². The lowest BCUT2D eigenvalue weighted by Gasteiger charge is -2.33. The zero-order valence-electron chi connectivity index (χ0n) is 9.14. The van der Waals surface area contributed by atoms with Gasteiger partial charge in [-0.1, -0.05) is 12.1 Å². The van der Waals surface area contributed by atoms with Gasteiger partial charge >= 0.3 is 0 Å². The summed E-state index contributed by atoms with van der Waals surface area (Å²) in [5.41, 5.74) is 7.12. The van der Waals surface area contributed by atoms with Crippen molar-refractivity contribution in [3.63, 3.8) is 0 Å². The van der Waals surface area contributed by atoms with Gasteiger partial charge in [-0.05, 0) is 25.8 Å². The average Bonchev–Trinajstić information content (AvgIpc) is 2.14. The molecule has 5 heteroatoms. The fourth-order valence-corrected chi connectivity index (χ4v) is 2.02. The zero-order chi connectivity index (χ0) is 11.7. The molecule has 0 amide bonds. The van der Waals surface area contributed by atoms with Crippen LogP contribution in [0.5, 0.6) is 0 Å². The van der Waals surface area contributed by atoms with E-state index in [9.17, 15) is 10.1 Å². The van der Waals surface area contributed by atoms with Crippen LogP contribution in [0.1, 0.15) is 18.4 Å². The second-order valence-corrected chi connectivity index (χ2v) is 4.30. The monoisotopic (exact) mass is 221 g/mol. The molecule has 0 unspecified atom stereocenters. The van der Waals surface area contributed by atoms with E-state index in [-0.39, 0.29) is 22.7 Å². The third kappa shape index (κ3) is 1.99. The number of nitrogens with one attached hydrogen (secondary N) is 1. The molecule has 1 aliphatic rings. The molecule has 1 fully saturated rings. The third-order valence-corrected chi connectivity index (χ3v) is 2.95. The number of nitro benzene ring substituents is 1. The molecule has 1 aromatic rings. The van der Waals surface area contributed by atoms with Crippen LogP contribution in [0.25, 0.3) is 0 Å². The molecule has 3 N–H and O–H groups in total. The summed E-state index contributed by atoms with van der Waals surface area (Å²) in [7, 11) is 0. The number of nitro groups is 1. The molecule has 5 nitrogen and oxygen atoms in total. The predicted octanol–water partition coefficient (Wildman–Crippen LogP) is 1.80. The van der Waals surface area contributed by atoms with E-state index in [1.54, 1.807) is 19.1 Å². The number of anilines is 1. The highest BCUT2D eigenvalue weighted by atomic mass is 16.6. The van der Waals surface area contributed by atoms with Crippen LogP contribution in [0, 0.1) is 17.0 Å². The van der Waals surface area contributed by atoms with Crippen LogP contribution in [-0.4, -0.2) is 17.0 Å². The van der Waals surface area contributed by atoms with E-state index in [1.165, 1.54) is 0 Å². The topological polar surface area (TPSA) is 81.2 Å². The highest BCUT2D eigenvalue weighted by Gasteiger charge is 2.28. The van der Waals surface area contributed by atoms with Gasteiger partial charge in [0, 0.05) is 17.6 Å². The summed E-state index contributed by atoms with van der Waals surface area (Å²) in [6.07, 6.45) is 1.76. The van der Waals surface area contributed by atoms with Crippen LogP contribution in [0.4, 0.5) is 11.4 Å². The quantitative estimate of drug-likeness (QED) is 0.602. The van der Waals surface area contributed by atoms with Crippen molar-refractivity contribution in [3.05, 3.63) is 33.9 Å². The van der Waals surface area contributed by atoms with E-state index in [0.29, 0.717) is 11.3 Å². The Labute approximate surface area is 93.8 Å². The van der Waals surface area contributed by atoms with E-state index in [1.807, 2.05) is 6.07 Å². The average molecular weight is 221 g/mol. The van der Waals surface area contributed by atoms with E-state index in [4.69, 9.17) is 5.73 Å². The molecule has 86 valence electrons. The molecular weight excluding hydrogens is 206 g/mol. The van der Waals surface area contributed by atoms with Crippen LogP contribution < -0.4 is 11.1 Å². The number of hydrogen-bond acceptors (Lipinski definition) is 4. The number of benzene rings is 1. The predicted molar refractivity (Wildman–Crippen MR) is 62.5 cm³/mol. The molecule has 16 heavy (non-hydrogen) atoms. The first-order chi connectivity index (χ1) is 7.58. The van der Waals surface area contributed by atoms with Crippen LogP contribution >= 0.6 is 0 Å². The van der Waals surface area contributed by atoms with Gasteiger partial charge in [0.2, 0.25) is 0 Å². The van der Waals surface area contributed by atoms with Gasteiger partial charge in [0.25, 0.3) is 5.69 Å². The lowest BCUT2D eigenvalue weighted by atomic mass is 9.87. The van der Waals surface area contributed by atoms with Gasteiger partial charge in [-0.2, -0.15) is 0 Å². The van der Waals surface area contributed by atoms with E-state index in [0.717, 1.165) is 12.8 Å². The Hall–Kier alpha value is -1.62. The van der Waals surface area contributed by atoms with Gasteiger partial charge in [0.15, 0.2) is 0 Å². The summed E-state index contributed by atoms with van der Waals surface area (Å²) in [6.45, 7) is 1.75. The molecule has 0 aliphatic heterocycles. The van der Waals surface area contributed by atoms with E-state index >= 15 is 0 Å². The molecule has 2 rings (SSSR count). The van der Waals surface area contributed by atoms with Crippen molar-refractivity contribution in [2.45, 2.75) is 31.8 Å². The van der Waals surface area contributed by atoms with Gasteiger partial charge < -0.3 is 11.1 Å². The van der Waals surface area contributed by atoms with Crippen LogP contribution in [0.15, 0.2) is 18.2 Å². The van der Waals surface area contributed by atoms with Crippen molar-refractivity contribution in [3.8, 4) is 0 Å². The molecule has 0 saturated heterocycles. The Morgan fingerprint density at radius 1 is 1.50 bits per heavy atom. The van der Waals surface area contributed by atoms with Gasteiger partial charge in [0.05, 0.1) is 4.92 Å². The minimum atomic E-state index is -0.337.